The molecule has 0 spiro atoms. The van der Waals surface area contributed by atoms with E-state index in [1.54, 1.807) is 0 Å². The summed E-state index contributed by atoms with van der Waals surface area (Å²) in [5.41, 5.74) is 3.10. The minimum atomic E-state index is 0.0766. The van der Waals surface area contributed by atoms with E-state index < -0.39 is 0 Å². The summed E-state index contributed by atoms with van der Waals surface area (Å²) < 4.78 is 0. The van der Waals surface area contributed by atoms with E-state index in [9.17, 15) is 9.59 Å². The van der Waals surface area contributed by atoms with Crippen LogP contribution in [0.5, 0.6) is 0 Å². The van der Waals surface area contributed by atoms with Crippen molar-refractivity contribution in [3.8, 4) is 0 Å². The Morgan fingerprint density at radius 2 is 1.65 bits per heavy atom. The van der Waals surface area contributed by atoms with Gasteiger partial charge in [-0.1, -0.05) is 36.4 Å². The Morgan fingerprint density at radius 3 is 2.41 bits per heavy atom. The van der Waals surface area contributed by atoms with E-state index in [2.05, 4.69) is 0 Å². The molecule has 2 aliphatic rings. The monoisotopic (exact) mass is 224 g/mol. The van der Waals surface area contributed by atoms with Crippen molar-refractivity contribution in [2.24, 2.45) is 0 Å². The Labute approximate surface area is 99.6 Å². The van der Waals surface area contributed by atoms with Crippen LogP contribution < -0.4 is 0 Å². The van der Waals surface area contributed by atoms with Gasteiger partial charge in [-0.25, -0.2) is 0 Å². The van der Waals surface area contributed by atoms with E-state index in [1.807, 2.05) is 36.4 Å². The van der Waals surface area contributed by atoms with Crippen LogP contribution in [0.25, 0.3) is 5.57 Å². The molecular formula is C15H12O2. The Kier molecular flexibility index (Phi) is 2.29. The van der Waals surface area contributed by atoms with Crippen LogP contribution in [0.1, 0.15) is 24.8 Å². The highest BCUT2D eigenvalue weighted by atomic mass is 16.1. The first-order valence-electron chi connectivity index (χ1n) is 5.83. The zero-order valence-corrected chi connectivity index (χ0v) is 9.40. The highest BCUT2D eigenvalue weighted by Gasteiger charge is 2.33. The highest BCUT2D eigenvalue weighted by Crippen LogP contribution is 2.38. The maximum Gasteiger partial charge on any atom is 0.168 e. The van der Waals surface area contributed by atoms with Crippen LogP contribution >= 0.6 is 0 Å². The second kappa shape index (κ2) is 3.81. The Morgan fingerprint density at radius 1 is 0.882 bits per heavy atom. The smallest absolute Gasteiger partial charge is 0.168 e. The molecule has 1 aromatic carbocycles. The number of Topliss-reactive ketones (excluding diaryl/α,β-unsaturated/α-hetero) is 2. The van der Waals surface area contributed by atoms with E-state index in [0.29, 0.717) is 24.0 Å². The average Bonchev–Trinajstić information content (AvgIpc) is 2.68. The van der Waals surface area contributed by atoms with Gasteiger partial charge < -0.3 is 0 Å². The van der Waals surface area contributed by atoms with Crippen molar-refractivity contribution >= 4 is 17.1 Å². The molecule has 0 unspecified atom stereocenters. The van der Waals surface area contributed by atoms with Gasteiger partial charge in [-0.15, -0.1) is 0 Å². The summed E-state index contributed by atoms with van der Waals surface area (Å²) >= 11 is 0. The van der Waals surface area contributed by atoms with Gasteiger partial charge in [0.1, 0.15) is 0 Å². The molecule has 1 aromatic rings. The van der Waals surface area contributed by atoms with E-state index in [1.165, 1.54) is 0 Å². The summed E-state index contributed by atoms with van der Waals surface area (Å²) in [6.07, 6.45) is 3.73. The largest absolute Gasteiger partial charge is 0.294 e. The Hall–Kier alpha value is -1.96. The van der Waals surface area contributed by atoms with Crippen molar-refractivity contribution < 1.29 is 9.59 Å². The fourth-order valence-corrected chi connectivity index (χ4v) is 2.56. The van der Waals surface area contributed by atoms with Gasteiger partial charge in [0.05, 0.1) is 0 Å². The van der Waals surface area contributed by atoms with Crippen molar-refractivity contribution in [3.05, 3.63) is 53.1 Å². The lowest BCUT2D eigenvalue weighted by atomic mass is 9.91. The van der Waals surface area contributed by atoms with Gasteiger partial charge >= 0.3 is 0 Å². The summed E-state index contributed by atoms with van der Waals surface area (Å²) in [6, 6.07) is 9.49. The molecule has 0 saturated heterocycles. The van der Waals surface area contributed by atoms with Crippen molar-refractivity contribution in [2.75, 3.05) is 0 Å². The third-order valence-electron chi connectivity index (χ3n) is 3.30. The number of allylic oxidation sites excluding steroid dienone is 4. The molecule has 2 nitrogen and oxygen atoms in total. The van der Waals surface area contributed by atoms with Gasteiger partial charge in [-0.3, -0.25) is 9.59 Å². The van der Waals surface area contributed by atoms with E-state index in [4.69, 9.17) is 0 Å². The van der Waals surface area contributed by atoms with Gasteiger partial charge in [0.2, 0.25) is 0 Å². The highest BCUT2D eigenvalue weighted by molar-refractivity contribution is 6.33. The minimum absolute atomic E-state index is 0.0766. The zero-order valence-electron chi connectivity index (χ0n) is 9.40. The summed E-state index contributed by atoms with van der Waals surface area (Å²) in [5, 5.41) is 0. The number of hydrogen-bond donors (Lipinski definition) is 0. The molecule has 0 fully saturated rings. The number of ketones is 2. The molecular weight excluding hydrogens is 212 g/mol. The molecule has 0 aliphatic heterocycles. The lowest BCUT2D eigenvalue weighted by Gasteiger charge is -2.11. The standard InChI is InChI=1S/C15H12O2/c16-12-8-4-7-11-9-13(17)14(15(11)12)10-5-2-1-3-6-10/h1-3,5-7H,4,8-9H2. The van der Waals surface area contributed by atoms with E-state index >= 15 is 0 Å². The molecule has 0 N–H and O–H groups in total. The lowest BCUT2D eigenvalue weighted by Crippen LogP contribution is -2.08. The van der Waals surface area contributed by atoms with Gasteiger partial charge in [0.25, 0.3) is 0 Å². The molecule has 3 rings (SSSR count). The van der Waals surface area contributed by atoms with Crippen LogP contribution in [-0.2, 0) is 9.59 Å². The second-order valence-electron chi connectivity index (χ2n) is 4.41. The zero-order chi connectivity index (χ0) is 11.8. The SMILES string of the molecule is O=C1CCC=C2CC(=O)C(c3ccccc3)=C12. The third-order valence-corrected chi connectivity index (χ3v) is 3.30. The molecule has 0 amide bonds. The summed E-state index contributed by atoms with van der Waals surface area (Å²) in [5.74, 6) is 0.194. The summed E-state index contributed by atoms with van der Waals surface area (Å²) in [6.45, 7) is 0. The molecule has 0 saturated carbocycles. The van der Waals surface area contributed by atoms with Crippen LogP contribution in [-0.4, -0.2) is 11.6 Å². The number of rotatable bonds is 1. The van der Waals surface area contributed by atoms with E-state index in [0.717, 1.165) is 17.6 Å². The van der Waals surface area contributed by atoms with Crippen molar-refractivity contribution in [1.82, 2.24) is 0 Å². The maximum absolute atomic E-state index is 12.0. The fraction of sp³-hybridized carbons (Fsp3) is 0.200. The number of fused-ring (bicyclic) bond motifs is 1. The maximum atomic E-state index is 12.0. The lowest BCUT2D eigenvalue weighted by molar-refractivity contribution is -0.115. The van der Waals surface area contributed by atoms with Gasteiger partial charge in [-0.2, -0.15) is 0 Å². The number of hydrogen-bond acceptors (Lipinski definition) is 2. The second-order valence-corrected chi connectivity index (χ2v) is 4.41. The predicted octanol–water partition coefficient (Wildman–Crippen LogP) is 2.70. The quantitative estimate of drug-likeness (QED) is 0.735. The van der Waals surface area contributed by atoms with Crippen molar-refractivity contribution in [1.29, 1.82) is 0 Å². The van der Waals surface area contributed by atoms with Crippen LogP contribution in [0.2, 0.25) is 0 Å². The van der Waals surface area contributed by atoms with E-state index in [-0.39, 0.29) is 11.6 Å². The van der Waals surface area contributed by atoms with Gasteiger partial charge in [0.15, 0.2) is 11.6 Å². The molecule has 2 heteroatoms. The predicted molar refractivity (Wildman–Crippen MR) is 65.3 cm³/mol. The first kappa shape index (κ1) is 10.2. The molecule has 0 radical (unpaired) electrons. The summed E-state index contributed by atoms with van der Waals surface area (Å²) in [4.78, 5) is 24.0. The Bertz CT molecular complexity index is 562. The molecule has 0 bridgehead atoms. The van der Waals surface area contributed by atoms with Crippen LogP contribution in [0.15, 0.2) is 47.6 Å². The van der Waals surface area contributed by atoms with Gasteiger partial charge in [-0.05, 0) is 17.6 Å². The van der Waals surface area contributed by atoms with Crippen LogP contribution in [0, 0.1) is 0 Å². The summed E-state index contributed by atoms with van der Waals surface area (Å²) in [7, 11) is 0. The molecule has 17 heavy (non-hydrogen) atoms. The first-order valence-corrected chi connectivity index (χ1v) is 5.83. The Balaban J connectivity index is 2.22. The van der Waals surface area contributed by atoms with Crippen molar-refractivity contribution in [2.45, 2.75) is 19.3 Å². The number of benzene rings is 1. The normalized spacial score (nSPS) is 19.4. The number of carbonyl (C=O) groups excluding carboxylic acids is 2. The molecule has 0 atom stereocenters. The third kappa shape index (κ3) is 1.57. The molecule has 0 heterocycles. The van der Waals surface area contributed by atoms with Crippen molar-refractivity contribution in [3.63, 3.8) is 0 Å². The first-order chi connectivity index (χ1) is 8.27. The van der Waals surface area contributed by atoms with Gasteiger partial charge in [0, 0.05) is 24.0 Å². The number of carbonyl (C=O) groups is 2. The molecule has 84 valence electrons. The van der Waals surface area contributed by atoms with Crippen LogP contribution in [0.3, 0.4) is 0 Å². The topological polar surface area (TPSA) is 34.1 Å². The molecule has 0 aromatic heterocycles. The minimum Gasteiger partial charge on any atom is -0.294 e. The fourth-order valence-electron chi connectivity index (χ4n) is 2.56. The molecule has 2 aliphatic carbocycles. The van der Waals surface area contributed by atoms with Crippen LogP contribution in [0.4, 0.5) is 0 Å². The average molecular weight is 224 g/mol.